The summed E-state index contributed by atoms with van der Waals surface area (Å²) in [5, 5.41) is 4.78. The molecule has 0 amide bonds. The largest absolute Gasteiger partial charge is 0.310 e. The molecule has 0 spiro atoms. The van der Waals surface area contributed by atoms with Crippen molar-refractivity contribution in [1.82, 2.24) is 5.32 Å². The zero-order chi connectivity index (χ0) is 14.5. The van der Waals surface area contributed by atoms with E-state index in [9.17, 15) is 0 Å². The molecule has 106 valence electrons. The van der Waals surface area contributed by atoms with Crippen LogP contribution in [0.25, 0.3) is 0 Å². The smallest absolute Gasteiger partial charge is 0.0624 e. The molecular formula is C16H16Cl2IN. The first-order valence-electron chi connectivity index (χ1n) is 6.53. The lowest BCUT2D eigenvalue weighted by Crippen LogP contribution is -2.23. The maximum Gasteiger partial charge on any atom is 0.0624 e. The van der Waals surface area contributed by atoms with Crippen LogP contribution in [-0.2, 0) is 6.42 Å². The maximum atomic E-state index is 6.29. The van der Waals surface area contributed by atoms with Crippen molar-refractivity contribution in [3.05, 3.63) is 67.2 Å². The Morgan fingerprint density at radius 1 is 1.15 bits per heavy atom. The monoisotopic (exact) mass is 419 g/mol. The van der Waals surface area contributed by atoms with Gasteiger partial charge in [-0.2, -0.15) is 0 Å². The third-order valence-corrected chi connectivity index (χ3v) is 4.69. The molecule has 0 saturated heterocycles. The molecule has 2 aromatic rings. The van der Waals surface area contributed by atoms with Crippen molar-refractivity contribution in [3.8, 4) is 0 Å². The van der Waals surface area contributed by atoms with Gasteiger partial charge in [0, 0.05) is 9.61 Å². The minimum Gasteiger partial charge on any atom is -0.310 e. The molecule has 0 aromatic heterocycles. The van der Waals surface area contributed by atoms with Gasteiger partial charge in [-0.1, -0.05) is 54.4 Å². The molecule has 2 aromatic carbocycles. The molecule has 0 radical (unpaired) electrons. The Kier molecular flexibility index (Phi) is 6.15. The van der Waals surface area contributed by atoms with Gasteiger partial charge >= 0.3 is 0 Å². The van der Waals surface area contributed by atoms with E-state index in [4.69, 9.17) is 23.2 Å². The first-order valence-corrected chi connectivity index (χ1v) is 8.37. The van der Waals surface area contributed by atoms with E-state index in [0.29, 0.717) is 10.0 Å². The van der Waals surface area contributed by atoms with E-state index < -0.39 is 0 Å². The molecule has 0 bridgehead atoms. The van der Waals surface area contributed by atoms with Crippen molar-refractivity contribution in [2.24, 2.45) is 0 Å². The molecular weight excluding hydrogens is 404 g/mol. The van der Waals surface area contributed by atoms with Crippen molar-refractivity contribution >= 4 is 45.8 Å². The number of hydrogen-bond acceptors (Lipinski definition) is 1. The minimum atomic E-state index is 0.241. The van der Waals surface area contributed by atoms with Gasteiger partial charge in [-0.05, 0) is 64.9 Å². The second-order valence-corrected chi connectivity index (χ2v) is 6.61. The van der Waals surface area contributed by atoms with Gasteiger partial charge in [0.15, 0.2) is 0 Å². The van der Waals surface area contributed by atoms with Gasteiger partial charge in [-0.3, -0.25) is 0 Å². The average molecular weight is 420 g/mol. The van der Waals surface area contributed by atoms with Gasteiger partial charge in [0.25, 0.3) is 0 Å². The van der Waals surface area contributed by atoms with E-state index in [2.05, 4.69) is 59.1 Å². The topological polar surface area (TPSA) is 12.0 Å². The fourth-order valence-corrected chi connectivity index (χ4v) is 3.17. The highest BCUT2D eigenvalue weighted by atomic mass is 127. The second-order valence-electron chi connectivity index (χ2n) is 4.58. The Morgan fingerprint density at radius 3 is 2.60 bits per heavy atom. The Bertz CT molecular complexity index is 586. The maximum absolute atomic E-state index is 6.29. The minimum absolute atomic E-state index is 0.241. The molecule has 0 heterocycles. The number of benzene rings is 2. The molecule has 20 heavy (non-hydrogen) atoms. The van der Waals surface area contributed by atoms with E-state index in [0.717, 1.165) is 18.5 Å². The highest BCUT2D eigenvalue weighted by Gasteiger charge is 2.14. The second kappa shape index (κ2) is 7.64. The summed E-state index contributed by atoms with van der Waals surface area (Å²) in [5.41, 5.74) is 2.35. The summed E-state index contributed by atoms with van der Waals surface area (Å²) >= 11 is 14.7. The highest BCUT2D eigenvalue weighted by molar-refractivity contribution is 14.1. The Hall–Kier alpha value is -0.290. The van der Waals surface area contributed by atoms with Crippen LogP contribution in [0.4, 0.5) is 0 Å². The molecule has 0 fully saturated rings. The molecule has 0 aliphatic heterocycles. The zero-order valence-corrected chi connectivity index (χ0v) is 14.8. The number of rotatable bonds is 5. The van der Waals surface area contributed by atoms with Crippen molar-refractivity contribution in [1.29, 1.82) is 0 Å². The molecule has 0 saturated carbocycles. The standard InChI is InChI=1S/C16H16Cl2IN/c1-2-20-15(11-5-3-7-13(19)9-11)10-12-6-4-8-14(17)16(12)18/h3-9,15,20H,2,10H2,1H3. The molecule has 0 aliphatic carbocycles. The third-order valence-electron chi connectivity index (χ3n) is 3.16. The summed E-state index contributed by atoms with van der Waals surface area (Å²) in [6, 6.07) is 14.6. The SMILES string of the molecule is CCNC(Cc1cccc(Cl)c1Cl)c1cccc(I)c1. The van der Waals surface area contributed by atoms with Crippen LogP contribution in [0.5, 0.6) is 0 Å². The quantitative estimate of drug-likeness (QED) is 0.631. The van der Waals surface area contributed by atoms with E-state index in [1.165, 1.54) is 9.13 Å². The molecule has 1 nitrogen and oxygen atoms in total. The van der Waals surface area contributed by atoms with E-state index in [1.807, 2.05) is 18.2 Å². The van der Waals surface area contributed by atoms with Crippen LogP contribution < -0.4 is 5.32 Å². The van der Waals surface area contributed by atoms with Crippen LogP contribution in [0, 0.1) is 3.57 Å². The van der Waals surface area contributed by atoms with Crippen LogP contribution in [0.3, 0.4) is 0 Å². The van der Waals surface area contributed by atoms with Crippen LogP contribution >= 0.6 is 45.8 Å². The molecule has 1 unspecified atom stereocenters. The van der Waals surface area contributed by atoms with Crippen LogP contribution in [0.1, 0.15) is 24.1 Å². The Labute approximate surface area is 143 Å². The van der Waals surface area contributed by atoms with Gasteiger partial charge in [-0.25, -0.2) is 0 Å². The van der Waals surface area contributed by atoms with Gasteiger partial charge < -0.3 is 5.32 Å². The predicted molar refractivity (Wildman–Crippen MR) is 95.7 cm³/mol. The van der Waals surface area contributed by atoms with Gasteiger partial charge in [0.2, 0.25) is 0 Å². The normalized spacial score (nSPS) is 12.4. The third kappa shape index (κ3) is 4.10. The summed E-state index contributed by atoms with van der Waals surface area (Å²) in [7, 11) is 0. The average Bonchev–Trinajstić information content (AvgIpc) is 2.43. The fourth-order valence-electron chi connectivity index (χ4n) is 2.20. The van der Waals surface area contributed by atoms with E-state index >= 15 is 0 Å². The Balaban J connectivity index is 2.28. The summed E-state index contributed by atoms with van der Waals surface area (Å²) in [6.07, 6.45) is 0.827. The summed E-state index contributed by atoms with van der Waals surface area (Å²) in [4.78, 5) is 0. The molecule has 1 atom stereocenters. The van der Waals surface area contributed by atoms with Crippen molar-refractivity contribution < 1.29 is 0 Å². The molecule has 2 rings (SSSR count). The number of hydrogen-bond donors (Lipinski definition) is 1. The molecule has 0 aliphatic rings. The lowest BCUT2D eigenvalue weighted by molar-refractivity contribution is 0.549. The van der Waals surface area contributed by atoms with E-state index in [-0.39, 0.29) is 6.04 Å². The molecule has 4 heteroatoms. The van der Waals surface area contributed by atoms with E-state index in [1.54, 1.807) is 0 Å². The number of nitrogens with one attached hydrogen (secondary N) is 1. The first kappa shape index (κ1) is 16.1. The van der Waals surface area contributed by atoms with Gasteiger partial charge in [0.1, 0.15) is 0 Å². The van der Waals surface area contributed by atoms with Crippen molar-refractivity contribution in [2.45, 2.75) is 19.4 Å². The Morgan fingerprint density at radius 2 is 1.90 bits per heavy atom. The molecule has 1 N–H and O–H groups in total. The van der Waals surface area contributed by atoms with Crippen LogP contribution in [0.2, 0.25) is 10.0 Å². The highest BCUT2D eigenvalue weighted by Crippen LogP contribution is 2.29. The number of halogens is 3. The van der Waals surface area contributed by atoms with Crippen molar-refractivity contribution in [2.75, 3.05) is 6.54 Å². The fraction of sp³-hybridized carbons (Fsp3) is 0.250. The zero-order valence-electron chi connectivity index (χ0n) is 11.2. The van der Waals surface area contributed by atoms with Gasteiger partial charge in [-0.15, -0.1) is 0 Å². The van der Waals surface area contributed by atoms with Crippen molar-refractivity contribution in [3.63, 3.8) is 0 Å². The van der Waals surface area contributed by atoms with Crippen LogP contribution in [0.15, 0.2) is 42.5 Å². The lowest BCUT2D eigenvalue weighted by atomic mass is 9.99. The first-order chi connectivity index (χ1) is 9.61. The van der Waals surface area contributed by atoms with Crippen LogP contribution in [-0.4, -0.2) is 6.54 Å². The summed E-state index contributed by atoms with van der Waals surface area (Å²) in [5.74, 6) is 0. The summed E-state index contributed by atoms with van der Waals surface area (Å²) in [6.45, 7) is 3.02. The van der Waals surface area contributed by atoms with Gasteiger partial charge in [0.05, 0.1) is 10.0 Å². The number of likely N-dealkylation sites (N-methyl/N-ethyl adjacent to an activating group) is 1. The summed E-state index contributed by atoms with van der Waals surface area (Å²) < 4.78 is 1.24. The lowest BCUT2D eigenvalue weighted by Gasteiger charge is -2.19. The predicted octanol–water partition coefficient (Wildman–Crippen LogP) is 5.49.